The number of carbonyl (C=O) groups is 1. The fourth-order valence-electron chi connectivity index (χ4n) is 3.58. The van der Waals surface area contributed by atoms with Crippen LogP contribution in [0.15, 0.2) is 41.4 Å². The van der Waals surface area contributed by atoms with Crippen molar-refractivity contribution in [1.82, 2.24) is 16.0 Å². The van der Waals surface area contributed by atoms with E-state index in [1.54, 1.807) is 7.05 Å². The highest BCUT2D eigenvalue weighted by Crippen LogP contribution is 2.35. The number of benzene rings is 2. The minimum atomic E-state index is -0.0662. The minimum Gasteiger partial charge on any atom is -0.494 e. The fourth-order valence-corrected chi connectivity index (χ4v) is 3.58. The molecular weight excluding hydrogens is 392 g/mol. The molecule has 0 radical (unpaired) electrons. The normalized spacial score (nSPS) is 15.1. The van der Waals surface area contributed by atoms with Gasteiger partial charge in [-0.15, -0.1) is 0 Å². The number of guanidine groups is 1. The molecule has 3 rings (SSSR count). The lowest BCUT2D eigenvalue weighted by Crippen LogP contribution is -2.36. The van der Waals surface area contributed by atoms with Crippen molar-refractivity contribution in [2.24, 2.45) is 4.99 Å². The van der Waals surface area contributed by atoms with E-state index in [0.717, 1.165) is 29.0 Å². The van der Waals surface area contributed by atoms with Gasteiger partial charge in [0.25, 0.3) is 5.91 Å². The lowest BCUT2D eigenvalue weighted by Gasteiger charge is -2.16. The van der Waals surface area contributed by atoms with Crippen LogP contribution < -0.4 is 25.4 Å². The molecule has 1 atom stereocenters. The molecule has 0 saturated carbocycles. The Balaban J connectivity index is 1.62. The summed E-state index contributed by atoms with van der Waals surface area (Å²) in [6.45, 7) is 8.29. The zero-order valence-corrected chi connectivity index (χ0v) is 18.7. The summed E-state index contributed by atoms with van der Waals surface area (Å²) in [6.07, 6.45) is 1.10. The van der Waals surface area contributed by atoms with Crippen LogP contribution in [0.5, 0.6) is 11.5 Å². The predicted octanol–water partition coefficient (Wildman–Crippen LogP) is 3.02. The van der Waals surface area contributed by atoms with Gasteiger partial charge in [-0.2, -0.15) is 0 Å². The van der Waals surface area contributed by atoms with E-state index in [1.165, 1.54) is 5.56 Å². The molecule has 0 aliphatic carbocycles. The molecule has 7 heteroatoms. The summed E-state index contributed by atoms with van der Waals surface area (Å²) in [4.78, 5) is 16.4. The monoisotopic (exact) mass is 424 g/mol. The maximum atomic E-state index is 12.0. The largest absolute Gasteiger partial charge is 0.494 e. The van der Waals surface area contributed by atoms with Crippen LogP contribution in [0.25, 0.3) is 0 Å². The number of fused-ring (bicyclic) bond motifs is 1. The molecular formula is C24H32N4O3. The quantitative estimate of drug-likeness (QED) is 0.448. The topological polar surface area (TPSA) is 84.0 Å². The molecule has 0 bridgehead atoms. The Labute approximate surface area is 184 Å². The Hall–Kier alpha value is -3.22. The van der Waals surface area contributed by atoms with Crippen LogP contribution in [0, 0.1) is 0 Å². The summed E-state index contributed by atoms with van der Waals surface area (Å²) < 4.78 is 11.8. The second-order valence-electron chi connectivity index (χ2n) is 7.47. The minimum absolute atomic E-state index is 0.0662. The Bertz CT molecular complexity index is 942. The van der Waals surface area contributed by atoms with E-state index in [2.05, 4.69) is 40.0 Å². The molecule has 0 spiro atoms. The number of aliphatic imine (C=N–C) groups is 1. The first kappa shape index (κ1) is 22.5. The van der Waals surface area contributed by atoms with Crippen LogP contribution in [0.4, 0.5) is 0 Å². The average molecular weight is 425 g/mol. The Morgan fingerprint density at radius 3 is 2.71 bits per heavy atom. The lowest BCUT2D eigenvalue weighted by molar-refractivity contribution is 0.0955. The third-order valence-corrected chi connectivity index (χ3v) is 5.04. The third kappa shape index (κ3) is 5.90. The van der Waals surface area contributed by atoms with E-state index < -0.39 is 0 Å². The second-order valence-corrected chi connectivity index (χ2v) is 7.47. The van der Waals surface area contributed by atoms with Gasteiger partial charge in [0.05, 0.1) is 6.61 Å². The van der Waals surface area contributed by atoms with E-state index >= 15 is 0 Å². The first-order valence-corrected chi connectivity index (χ1v) is 10.8. The van der Waals surface area contributed by atoms with Gasteiger partial charge in [0.1, 0.15) is 17.6 Å². The maximum absolute atomic E-state index is 12.0. The molecule has 0 saturated heterocycles. The van der Waals surface area contributed by atoms with Crippen molar-refractivity contribution < 1.29 is 14.3 Å². The Morgan fingerprint density at radius 2 is 1.97 bits per heavy atom. The van der Waals surface area contributed by atoms with Gasteiger partial charge >= 0.3 is 0 Å². The van der Waals surface area contributed by atoms with Gasteiger partial charge in [-0.3, -0.25) is 9.79 Å². The molecule has 2 aromatic carbocycles. The van der Waals surface area contributed by atoms with E-state index in [9.17, 15) is 4.79 Å². The number of nitrogens with one attached hydrogen (secondary N) is 3. The molecule has 1 aliphatic heterocycles. The highest BCUT2D eigenvalue weighted by atomic mass is 16.5. The van der Waals surface area contributed by atoms with E-state index in [1.807, 2.05) is 38.1 Å². The fraction of sp³-hybridized carbons (Fsp3) is 0.417. The molecule has 166 valence electrons. The molecule has 1 amide bonds. The van der Waals surface area contributed by atoms with Gasteiger partial charge in [-0.1, -0.05) is 12.1 Å². The Morgan fingerprint density at radius 1 is 1.16 bits per heavy atom. The number of hydrogen-bond donors (Lipinski definition) is 3. The molecule has 1 unspecified atom stereocenters. The molecule has 3 N–H and O–H groups in total. The van der Waals surface area contributed by atoms with Gasteiger partial charge < -0.3 is 25.4 Å². The van der Waals surface area contributed by atoms with Crippen molar-refractivity contribution in [2.45, 2.75) is 46.4 Å². The zero-order valence-electron chi connectivity index (χ0n) is 18.7. The zero-order chi connectivity index (χ0) is 22.2. The molecule has 31 heavy (non-hydrogen) atoms. The summed E-state index contributed by atoms with van der Waals surface area (Å²) in [6, 6.07) is 11.7. The van der Waals surface area contributed by atoms with Crippen LogP contribution in [0.3, 0.4) is 0 Å². The van der Waals surface area contributed by atoms with Crippen molar-refractivity contribution in [1.29, 1.82) is 0 Å². The SMILES string of the molecule is CCNC(=O)c1cccc(CNC(=NC)NCc2cc3c(cc2OCC)CC(C)O3)c1. The van der Waals surface area contributed by atoms with Crippen LogP contribution in [-0.2, 0) is 19.5 Å². The van der Waals surface area contributed by atoms with Gasteiger partial charge in [0.2, 0.25) is 0 Å². The highest BCUT2D eigenvalue weighted by Gasteiger charge is 2.22. The Kier molecular flexibility index (Phi) is 7.76. The second kappa shape index (κ2) is 10.7. The summed E-state index contributed by atoms with van der Waals surface area (Å²) in [5, 5.41) is 9.46. The molecule has 1 aliphatic rings. The summed E-state index contributed by atoms with van der Waals surface area (Å²) >= 11 is 0. The smallest absolute Gasteiger partial charge is 0.251 e. The van der Waals surface area contributed by atoms with Crippen LogP contribution in [-0.4, -0.2) is 38.2 Å². The number of ether oxygens (including phenoxy) is 2. The molecule has 7 nitrogen and oxygen atoms in total. The van der Waals surface area contributed by atoms with Gasteiger partial charge in [0.15, 0.2) is 5.96 Å². The molecule has 1 heterocycles. The lowest BCUT2D eigenvalue weighted by atomic mass is 10.1. The van der Waals surface area contributed by atoms with Crippen molar-refractivity contribution in [3.05, 3.63) is 58.7 Å². The number of carbonyl (C=O) groups excluding carboxylic acids is 1. The average Bonchev–Trinajstić information content (AvgIpc) is 3.13. The van der Waals surface area contributed by atoms with Gasteiger partial charge in [-0.25, -0.2) is 0 Å². The third-order valence-electron chi connectivity index (χ3n) is 5.04. The summed E-state index contributed by atoms with van der Waals surface area (Å²) in [7, 11) is 1.73. The number of rotatable bonds is 8. The van der Waals surface area contributed by atoms with Gasteiger partial charge in [0, 0.05) is 49.8 Å². The summed E-state index contributed by atoms with van der Waals surface area (Å²) in [5.74, 6) is 2.40. The number of amides is 1. The molecule has 2 aromatic rings. The number of hydrogen-bond acceptors (Lipinski definition) is 4. The van der Waals surface area contributed by atoms with Gasteiger partial charge in [-0.05, 0) is 50.6 Å². The predicted molar refractivity (Wildman–Crippen MR) is 123 cm³/mol. The first-order valence-electron chi connectivity index (χ1n) is 10.8. The van der Waals surface area contributed by atoms with Crippen LogP contribution in [0.2, 0.25) is 0 Å². The molecule has 0 aromatic heterocycles. The first-order chi connectivity index (χ1) is 15.0. The van der Waals surface area contributed by atoms with E-state index in [-0.39, 0.29) is 12.0 Å². The van der Waals surface area contributed by atoms with Crippen LogP contribution in [0.1, 0.15) is 47.8 Å². The number of nitrogens with zero attached hydrogens (tertiary/aromatic N) is 1. The maximum Gasteiger partial charge on any atom is 0.251 e. The van der Waals surface area contributed by atoms with Crippen molar-refractivity contribution in [3.8, 4) is 11.5 Å². The van der Waals surface area contributed by atoms with Crippen LogP contribution >= 0.6 is 0 Å². The highest BCUT2D eigenvalue weighted by molar-refractivity contribution is 5.94. The van der Waals surface area contributed by atoms with E-state index in [0.29, 0.717) is 37.8 Å². The molecule has 0 fully saturated rings. The van der Waals surface area contributed by atoms with Crippen molar-refractivity contribution >= 4 is 11.9 Å². The standard InChI is InChI=1S/C24H32N4O3/c1-5-26-23(29)18-9-7-8-17(11-18)14-27-24(25-4)28-15-20-13-22-19(10-16(3)31-22)12-21(20)30-6-2/h7-9,11-13,16H,5-6,10,14-15H2,1-4H3,(H,26,29)(H2,25,27,28). The summed E-state index contributed by atoms with van der Waals surface area (Å²) in [5.41, 5.74) is 3.87. The van der Waals surface area contributed by atoms with E-state index in [4.69, 9.17) is 9.47 Å². The van der Waals surface area contributed by atoms with Crippen molar-refractivity contribution in [3.63, 3.8) is 0 Å². The van der Waals surface area contributed by atoms with Crippen molar-refractivity contribution in [2.75, 3.05) is 20.2 Å².